The van der Waals surface area contributed by atoms with Crippen LogP contribution < -0.4 is 20.9 Å². The van der Waals surface area contributed by atoms with E-state index in [-0.39, 0.29) is 34.9 Å². The summed E-state index contributed by atoms with van der Waals surface area (Å²) in [6.45, 7) is -1.10. The number of anilines is 2. The lowest BCUT2D eigenvalue weighted by atomic mass is 10.1. The van der Waals surface area contributed by atoms with E-state index < -0.39 is 36.8 Å². The second-order valence-corrected chi connectivity index (χ2v) is 6.82. The maximum absolute atomic E-state index is 12.8. The molecular formula is C22H25N3O8. The number of nitrogens with two attached hydrogens (primary N) is 2. The normalized spacial score (nSPS) is 10.2. The van der Waals surface area contributed by atoms with Gasteiger partial charge in [0.1, 0.15) is 0 Å². The van der Waals surface area contributed by atoms with Crippen molar-refractivity contribution in [1.82, 2.24) is 4.90 Å². The van der Waals surface area contributed by atoms with E-state index in [4.69, 9.17) is 20.9 Å². The van der Waals surface area contributed by atoms with Crippen LogP contribution in [-0.2, 0) is 19.1 Å². The molecule has 0 radical (unpaired) electrons. The lowest BCUT2D eigenvalue weighted by Crippen LogP contribution is -2.32. The fraction of sp³-hybridized carbons (Fsp3) is 0.273. The Morgan fingerprint density at radius 2 is 1.36 bits per heavy atom. The number of amides is 1. The number of carbonyl (C=O) groups excluding carboxylic acids is 4. The molecule has 0 saturated heterocycles. The second-order valence-electron chi connectivity index (χ2n) is 6.82. The van der Waals surface area contributed by atoms with Gasteiger partial charge in [-0.25, -0.2) is 9.59 Å². The van der Waals surface area contributed by atoms with Crippen LogP contribution in [-0.4, -0.2) is 69.6 Å². The number of nitrogen functional groups attached to an aromatic ring is 2. The standard InChI is InChI=1S/C22H25N3O8/c1-25(22(29)14-4-6-15(23)16(24)8-14)10-17(26)13-5-7-18(32-11-20(27)30-2)19(9-13)33-12-21(28)31-3/h4-9H,10-12,23-24H2,1-3H3. The summed E-state index contributed by atoms with van der Waals surface area (Å²) < 4.78 is 19.8. The molecule has 176 valence electrons. The molecule has 2 rings (SSSR count). The topological polar surface area (TPSA) is 160 Å². The van der Waals surface area contributed by atoms with E-state index in [2.05, 4.69) is 9.47 Å². The fourth-order valence-electron chi connectivity index (χ4n) is 2.61. The van der Waals surface area contributed by atoms with E-state index in [1.165, 1.54) is 62.6 Å². The molecule has 4 N–H and O–H groups in total. The molecule has 0 aliphatic carbocycles. The summed E-state index contributed by atoms with van der Waals surface area (Å²) in [4.78, 5) is 49.4. The number of likely N-dealkylation sites (N-methyl/N-ethyl adjacent to an activating group) is 1. The highest BCUT2D eigenvalue weighted by Crippen LogP contribution is 2.29. The van der Waals surface area contributed by atoms with Gasteiger partial charge >= 0.3 is 11.9 Å². The van der Waals surface area contributed by atoms with Crippen LogP contribution in [0.3, 0.4) is 0 Å². The molecule has 0 fully saturated rings. The zero-order valence-electron chi connectivity index (χ0n) is 18.5. The molecule has 0 aliphatic heterocycles. The number of rotatable bonds is 10. The summed E-state index contributed by atoms with van der Waals surface area (Å²) in [5.74, 6) is -1.96. The van der Waals surface area contributed by atoms with Gasteiger partial charge in [0.15, 0.2) is 30.5 Å². The van der Waals surface area contributed by atoms with E-state index in [9.17, 15) is 19.2 Å². The number of ether oxygens (including phenoxy) is 4. The molecule has 0 atom stereocenters. The lowest BCUT2D eigenvalue weighted by molar-refractivity contribution is -0.144. The molecule has 0 saturated carbocycles. The van der Waals surface area contributed by atoms with Gasteiger partial charge in [-0.05, 0) is 36.4 Å². The largest absolute Gasteiger partial charge is 0.478 e. The van der Waals surface area contributed by atoms with Gasteiger partial charge in [0, 0.05) is 18.2 Å². The van der Waals surface area contributed by atoms with E-state index in [1.807, 2.05) is 0 Å². The minimum Gasteiger partial charge on any atom is -0.478 e. The highest BCUT2D eigenvalue weighted by Gasteiger charge is 2.19. The van der Waals surface area contributed by atoms with Crippen molar-refractivity contribution < 1.29 is 38.1 Å². The number of carbonyl (C=O) groups is 4. The zero-order valence-corrected chi connectivity index (χ0v) is 18.5. The SMILES string of the molecule is COC(=O)COc1ccc(C(=O)CN(C)C(=O)c2ccc(N)c(N)c2)cc1OCC(=O)OC. The molecule has 0 aliphatic rings. The Morgan fingerprint density at radius 3 is 1.94 bits per heavy atom. The number of nitrogens with zero attached hydrogens (tertiary/aromatic N) is 1. The quantitative estimate of drug-likeness (QED) is 0.297. The third kappa shape index (κ3) is 6.86. The van der Waals surface area contributed by atoms with Crippen molar-refractivity contribution in [2.24, 2.45) is 0 Å². The Morgan fingerprint density at radius 1 is 0.788 bits per heavy atom. The van der Waals surface area contributed by atoms with Crippen molar-refractivity contribution >= 4 is 35.0 Å². The third-order valence-corrected chi connectivity index (χ3v) is 4.47. The first kappa shape index (κ1) is 25.0. The molecule has 2 aromatic carbocycles. The van der Waals surface area contributed by atoms with Crippen LogP contribution in [0.4, 0.5) is 11.4 Å². The molecule has 0 unspecified atom stereocenters. The summed E-state index contributed by atoms with van der Waals surface area (Å²) in [7, 11) is 3.87. The predicted molar refractivity (Wildman–Crippen MR) is 118 cm³/mol. The molecule has 1 amide bonds. The smallest absolute Gasteiger partial charge is 0.343 e. The van der Waals surface area contributed by atoms with Crippen molar-refractivity contribution in [2.45, 2.75) is 0 Å². The summed E-state index contributed by atoms with van der Waals surface area (Å²) in [6.07, 6.45) is 0. The highest BCUT2D eigenvalue weighted by atomic mass is 16.6. The van der Waals surface area contributed by atoms with Crippen LogP contribution in [0, 0.1) is 0 Å². The summed E-state index contributed by atoms with van der Waals surface area (Å²) >= 11 is 0. The highest BCUT2D eigenvalue weighted by molar-refractivity contribution is 6.03. The van der Waals surface area contributed by atoms with Crippen LogP contribution in [0.15, 0.2) is 36.4 Å². The molecule has 2 aromatic rings. The molecule has 0 spiro atoms. The average Bonchev–Trinajstić information content (AvgIpc) is 2.82. The first-order chi connectivity index (χ1) is 15.7. The Balaban J connectivity index is 2.18. The number of hydrogen-bond acceptors (Lipinski definition) is 10. The van der Waals surface area contributed by atoms with Gasteiger partial charge < -0.3 is 35.3 Å². The molecule has 0 bridgehead atoms. The van der Waals surface area contributed by atoms with Crippen molar-refractivity contribution in [3.8, 4) is 11.5 Å². The van der Waals surface area contributed by atoms with Gasteiger partial charge in [-0.2, -0.15) is 0 Å². The number of methoxy groups -OCH3 is 2. The number of Topliss-reactive ketones (excluding diaryl/α,β-unsaturated/α-hetero) is 1. The van der Waals surface area contributed by atoms with Crippen LogP contribution >= 0.6 is 0 Å². The fourth-order valence-corrected chi connectivity index (χ4v) is 2.61. The van der Waals surface area contributed by atoms with Gasteiger partial charge in [-0.1, -0.05) is 0 Å². The Kier molecular flexibility index (Phi) is 8.61. The minimum atomic E-state index is -0.654. The van der Waals surface area contributed by atoms with Crippen molar-refractivity contribution in [3.63, 3.8) is 0 Å². The first-order valence-electron chi connectivity index (χ1n) is 9.63. The summed E-state index contributed by atoms with van der Waals surface area (Å²) in [5, 5.41) is 0. The third-order valence-electron chi connectivity index (χ3n) is 4.47. The van der Waals surface area contributed by atoms with E-state index in [1.54, 1.807) is 0 Å². The monoisotopic (exact) mass is 459 g/mol. The molecule has 33 heavy (non-hydrogen) atoms. The van der Waals surface area contributed by atoms with Gasteiger partial charge in [0.2, 0.25) is 0 Å². The van der Waals surface area contributed by atoms with E-state index in [0.29, 0.717) is 5.69 Å². The predicted octanol–water partition coefficient (Wildman–Crippen LogP) is 0.910. The maximum atomic E-state index is 12.8. The average molecular weight is 459 g/mol. The Bertz CT molecular complexity index is 1050. The zero-order chi connectivity index (χ0) is 24.5. The van der Waals surface area contributed by atoms with E-state index in [0.717, 1.165) is 0 Å². The molecule has 11 heteroatoms. The molecule has 0 aromatic heterocycles. The molecule has 11 nitrogen and oxygen atoms in total. The number of hydrogen-bond donors (Lipinski definition) is 2. The van der Waals surface area contributed by atoms with E-state index >= 15 is 0 Å². The summed E-state index contributed by atoms with van der Waals surface area (Å²) in [6, 6.07) is 8.66. The minimum absolute atomic E-state index is 0.0374. The second kappa shape index (κ2) is 11.4. The summed E-state index contributed by atoms with van der Waals surface area (Å²) in [5.41, 5.74) is 12.5. The lowest BCUT2D eigenvalue weighted by Gasteiger charge is -2.18. The van der Waals surface area contributed by atoms with Crippen LogP contribution in [0.25, 0.3) is 0 Å². The number of esters is 2. The van der Waals surface area contributed by atoms with Gasteiger partial charge in [-0.3, -0.25) is 9.59 Å². The van der Waals surface area contributed by atoms with Crippen LogP contribution in [0.5, 0.6) is 11.5 Å². The van der Waals surface area contributed by atoms with Crippen LogP contribution in [0.1, 0.15) is 20.7 Å². The number of ketones is 1. The van der Waals surface area contributed by atoms with Crippen molar-refractivity contribution in [2.75, 3.05) is 52.5 Å². The number of benzene rings is 2. The van der Waals surface area contributed by atoms with Gasteiger partial charge in [0.05, 0.1) is 32.1 Å². The molecule has 0 heterocycles. The Labute approximate surface area is 190 Å². The van der Waals surface area contributed by atoms with Crippen LogP contribution in [0.2, 0.25) is 0 Å². The van der Waals surface area contributed by atoms with Gasteiger partial charge in [0.25, 0.3) is 5.91 Å². The van der Waals surface area contributed by atoms with Gasteiger partial charge in [-0.15, -0.1) is 0 Å². The first-order valence-corrected chi connectivity index (χ1v) is 9.63. The Hall–Kier alpha value is -4.28. The van der Waals surface area contributed by atoms with Crippen molar-refractivity contribution in [3.05, 3.63) is 47.5 Å². The molecular weight excluding hydrogens is 434 g/mol. The maximum Gasteiger partial charge on any atom is 0.343 e. The van der Waals surface area contributed by atoms with Crippen molar-refractivity contribution in [1.29, 1.82) is 0 Å².